The van der Waals surface area contributed by atoms with Gasteiger partial charge in [-0.15, -0.1) is 0 Å². The Bertz CT molecular complexity index is 529. The zero-order valence-electron chi connectivity index (χ0n) is 11.4. The molecule has 21 heavy (non-hydrogen) atoms. The fourth-order valence-corrected chi connectivity index (χ4v) is 2.62. The maximum Gasteiger partial charge on any atom is 0.329 e. The minimum Gasteiger partial charge on any atom is -0.480 e. The number of benzene rings is 1. The highest BCUT2D eigenvalue weighted by atomic mass is 79.9. The van der Waals surface area contributed by atoms with E-state index in [1.54, 1.807) is 0 Å². The number of urea groups is 1. The van der Waals surface area contributed by atoms with Gasteiger partial charge in [-0.1, -0.05) is 34.1 Å². The van der Waals surface area contributed by atoms with Crippen molar-refractivity contribution in [1.29, 1.82) is 0 Å². The van der Waals surface area contributed by atoms with Gasteiger partial charge in [-0.05, 0) is 11.6 Å². The third-order valence-electron chi connectivity index (χ3n) is 3.51. The minimum absolute atomic E-state index is 0.269. The molecular weight excluding hydrogens is 340 g/mol. The van der Waals surface area contributed by atoms with Gasteiger partial charge >= 0.3 is 12.0 Å². The Kier molecular flexibility index (Phi) is 5.19. The number of hydrogen-bond donors (Lipinski definition) is 3. The number of carbonyl (C=O) groups excluding carboxylic acids is 1. The number of rotatable bonds is 4. The average molecular weight is 357 g/mol. The lowest BCUT2D eigenvalue weighted by Crippen LogP contribution is -2.59. The second-order valence-corrected chi connectivity index (χ2v) is 5.75. The molecule has 0 bridgehead atoms. The number of carboxylic acid groups (broad SMARTS) is 1. The molecule has 1 aliphatic heterocycles. The first-order valence-corrected chi connectivity index (χ1v) is 7.43. The summed E-state index contributed by atoms with van der Waals surface area (Å²) in [6.45, 7) is 0.979. The van der Waals surface area contributed by atoms with E-state index in [9.17, 15) is 14.7 Å². The second-order valence-electron chi connectivity index (χ2n) is 4.90. The Labute approximate surface area is 131 Å². The first-order valence-electron chi connectivity index (χ1n) is 6.64. The van der Waals surface area contributed by atoms with Gasteiger partial charge in [0.25, 0.3) is 0 Å². The number of amides is 2. The van der Waals surface area contributed by atoms with Crippen molar-refractivity contribution in [2.75, 3.05) is 13.2 Å². The molecular formula is C14H17BrN2O4. The van der Waals surface area contributed by atoms with Crippen molar-refractivity contribution in [3.63, 3.8) is 0 Å². The summed E-state index contributed by atoms with van der Waals surface area (Å²) in [5.74, 6) is -1.03. The molecule has 0 aromatic heterocycles. The van der Waals surface area contributed by atoms with E-state index < -0.39 is 17.5 Å². The average Bonchev–Trinajstić information content (AvgIpc) is 2.47. The Hall–Kier alpha value is -1.60. The lowest BCUT2D eigenvalue weighted by molar-refractivity contribution is -0.148. The predicted molar refractivity (Wildman–Crippen MR) is 79.9 cm³/mol. The van der Waals surface area contributed by atoms with Gasteiger partial charge in [0.1, 0.15) is 5.54 Å². The van der Waals surface area contributed by atoms with Crippen molar-refractivity contribution >= 4 is 27.9 Å². The summed E-state index contributed by atoms with van der Waals surface area (Å²) in [6.07, 6.45) is 0.537. The molecule has 0 aliphatic carbocycles. The Morgan fingerprint density at radius 2 is 1.95 bits per heavy atom. The Morgan fingerprint density at radius 3 is 2.57 bits per heavy atom. The molecule has 114 valence electrons. The molecule has 7 heteroatoms. The van der Waals surface area contributed by atoms with E-state index in [4.69, 9.17) is 4.74 Å². The molecule has 1 heterocycles. The largest absolute Gasteiger partial charge is 0.480 e. The Morgan fingerprint density at radius 1 is 1.29 bits per heavy atom. The van der Waals surface area contributed by atoms with E-state index in [1.165, 1.54) is 0 Å². The summed E-state index contributed by atoms with van der Waals surface area (Å²) in [6, 6.07) is 7.03. The number of halogens is 1. The molecule has 1 aliphatic rings. The highest BCUT2D eigenvalue weighted by Gasteiger charge is 2.41. The molecule has 3 N–H and O–H groups in total. The van der Waals surface area contributed by atoms with E-state index in [0.717, 1.165) is 10.0 Å². The molecule has 0 atom stereocenters. The summed E-state index contributed by atoms with van der Waals surface area (Å²) in [5, 5.41) is 14.6. The van der Waals surface area contributed by atoms with Crippen LogP contribution in [0.1, 0.15) is 18.4 Å². The van der Waals surface area contributed by atoms with Crippen LogP contribution < -0.4 is 10.6 Å². The lowest BCUT2D eigenvalue weighted by atomic mass is 9.90. The summed E-state index contributed by atoms with van der Waals surface area (Å²) >= 11 is 3.40. The fourth-order valence-electron chi connectivity index (χ4n) is 2.19. The van der Waals surface area contributed by atoms with Crippen LogP contribution in [0.15, 0.2) is 28.7 Å². The number of hydrogen-bond acceptors (Lipinski definition) is 3. The monoisotopic (exact) mass is 356 g/mol. The molecule has 0 saturated carbocycles. The molecule has 0 radical (unpaired) electrons. The van der Waals surface area contributed by atoms with E-state index in [2.05, 4.69) is 26.6 Å². The molecule has 1 aromatic carbocycles. The van der Waals surface area contributed by atoms with Crippen molar-refractivity contribution < 1.29 is 19.4 Å². The van der Waals surface area contributed by atoms with E-state index in [-0.39, 0.29) is 12.8 Å². The summed E-state index contributed by atoms with van der Waals surface area (Å²) in [7, 11) is 0. The van der Waals surface area contributed by atoms with Crippen LogP contribution >= 0.6 is 15.9 Å². The van der Waals surface area contributed by atoms with Crippen molar-refractivity contribution in [3.8, 4) is 0 Å². The number of ether oxygens (including phenoxy) is 1. The van der Waals surface area contributed by atoms with Gasteiger partial charge in [-0.3, -0.25) is 0 Å². The molecule has 1 saturated heterocycles. The maximum absolute atomic E-state index is 12.0. The molecule has 0 spiro atoms. The number of carbonyl (C=O) groups is 2. The molecule has 0 unspecified atom stereocenters. The summed E-state index contributed by atoms with van der Waals surface area (Å²) in [5.41, 5.74) is -0.319. The van der Waals surface area contributed by atoms with Crippen LogP contribution in [-0.4, -0.2) is 35.9 Å². The fraction of sp³-hybridized carbons (Fsp3) is 0.429. The van der Waals surface area contributed by atoms with Crippen LogP contribution in [0.4, 0.5) is 4.79 Å². The van der Waals surface area contributed by atoms with Crippen molar-refractivity contribution in [1.82, 2.24) is 10.6 Å². The number of aliphatic carboxylic acids is 1. The lowest BCUT2D eigenvalue weighted by Gasteiger charge is -2.33. The molecule has 2 amide bonds. The van der Waals surface area contributed by atoms with Crippen LogP contribution in [0.25, 0.3) is 0 Å². The van der Waals surface area contributed by atoms with Gasteiger partial charge in [0.15, 0.2) is 0 Å². The van der Waals surface area contributed by atoms with Gasteiger partial charge < -0.3 is 20.5 Å². The Balaban J connectivity index is 1.94. The summed E-state index contributed by atoms with van der Waals surface area (Å²) in [4.78, 5) is 23.4. The van der Waals surface area contributed by atoms with E-state index >= 15 is 0 Å². The van der Waals surface area contributed by atoms with Crippen molar-refractivity contribution in [2.45, 2.75) is 24.9 Å². The minimum atomic E-state index is -1.24. The zero-order valence-corrected chi connectivity index (χ0v) is 13.0. The standard InChI is InChI=1S/C14H17BrN2O4/c15-11-4-2-1-3-10(11)9-16-13(20)17-14(12(18)19)5-7-21-8-6-14/h1-4H,5-9H2,(H,18,19)(H2,16,17,20). The van der Waals surface area contributed by atoms with Gasteiger partial charge in [-0.2, -0.15) is 0 Å². The maximum atomic E-state index is 12.0. The highest BCUT2D eigenvalue weighted by molar-refractivity contribution is 9.10. The van der Waals surface area contributed by atoms with Gasteiger partial charge in [-0.25, -0.2) is 9.59 Å². The number of nitrogens with one attached hydrogen (secondary N) is 2. The first kappa shape index (κ1) is 15.8. The molecule has 1 fully saturated rings. The van der Waals surface area contributed by atoms with Crippen LogP contribution in [0, 0.1) is 0 Å². The van der Waals surface area contributed by atoms with Crippen LogP contribution in [0.3, 0.4) is 0 Å². The molecule has 6 nitrogen and oxygen atoms in total. The molecule has 1 aromatic rings. The smallest absolute Gasteiger partial charge is 0.329 e. The SMILES string of the molecule is O=C(NCc1ccccc1Br)NC1(C(=O)O)CCOCC1. The van der Waals surface area contributed by atoms with Crippen LogP contribution in [0.5, 0.6) is 0 Å². The third kappa shape index (κ3) is 3.95. The van der Waals surface area contributed by atoms with Gasteiger partial charge in [0.05, 0.1) is 0 Å². The van der Waals surface area contributed by atoms with Crippen LogP contribution in [-0.2, 0) is 16.1 Å². The number of carboxylic acids is 1. The van der Waals surface area contributed by atoms with E-state index in [1.807, 2.05) is 24.3 Å². The quantitative estimate of drug-likeness (QED) is 0.768. The summed E-state index contributed by atoms with van der Waals surface area (Å²) < 4.78 is 6.05. The topological polar surface area (TPSA) is 87.7 Å². The zero-order chi connectivity index (χ0) is 15.3. The van der Waals surface area contributed by atoms with Crippen molar-refractivity contribution in [2.24, 2.45) is 0 Å². The van der Waals surface area contributed by atoms with Crippen molar-refractivity contribution in [3.05, 3.63) is 34.3 Å². The highest BCUT2D eigenvalue weighted by Crippen LogP contribution is 2.21. The second kappa shape index (κ2) is 6.91. The van der Waals surface area contributed by atoms with Gasteiger partial charge in [0.2, 0.25) is 0 Å². The predicted octanol–water partition coefficient (Wildman–Crippen LogP) is 1.88. The third-order valence-corrected chi connectivity index (χ3v) is 4.28. The van der Waals surface area contributed by atoms with Crippen LogP contribution in [0.2, 0.25) is 0 Å². The first-order chi connectivity index (χ1) is 10.0. The molecule has 2 rings (SSSR count). The normalized spacial score (nSPS) is 17.0. The van der Waals surface area contributed by atoms with Gasteiger partial charge in [0, 0.05) is 37.1 Å². The van der Waals surface area contributed by atoms with E-state index in [0.29, 0.717) is 19.8 Å².